The number of halogens is 1. The van der Waals surface area contributed by atoms with Crippen LogP contribution in [0, 0.1) is 18.7 Å². The topological polar surface area (TPSA) is 77.8 Å². The average molecular weight is 415 g/mol. The first-order chi connectivity index (χ1) is 14.0. The van der Waals surface area contributed by atoms with Gasteiger partial charge < -0.3 is 15.3 Å². The average Bonchev–Trinajstić information content (AvgIpc) is 3.25. The number of nitrogens with one attached hydrogen (secondary N) is 1. The van der Waals surface area contributed by atoms with Gasteiger partial charge in [-0.05, 0) is 50.0 Å². The maximum Gasteiger partial charge on any atom is 0.335 e. The van der Waals surface area contributed by atoms with Crippen molar-refractivity contribution in [2.45, 2.75) is 25.8 Å². The number of hydrogen-bond acceptors (Lipinski definition) is 6. The van der Waals surface area contributed by atoms with Gasteiger partial charge in [0.2, 0.25) is 0 Å². The molecule has 29 heavy (non-hydrogen) atoms. The van der Waals surface area contributed by atoms with Crippen LogP contribution < -0.4 is 5.32 Å². The van der Waals surface area contributed by atoms with Crippen LogP contribution in [0.2, 0.25) is 0 Å². The molecular formula is C21H23FN4O2S. The summed E-state index contributed by atoms with van der Waals surface area (Å²) in [5.41, 5.74) is 1.99. The maximum absolute atomic E-state index is 14.3. The zero-order valence-electron chi connectivity index (χ0n) is 16.4. The molecule has 6 nitrogen and oxygen atoms in total. The summed E-state index contributed by atoms with van der Waals surface area (Å²) in [6.07, 6.45) is 3.40. The summed E-state index contributed by atoms with van der Waals surface area (Å²) in [7, 11) is 1.86. The largest absolute Gasteiger partial charge is 0.478 e. The molecule has 0 bridgehead atoms. The molecule has 4 rings (SSSR count). The lowest BCUT2D eigenvalue weighted by atomic mass is 9.84. The van der Waals surface area contributed by atoms with E-state index in [0.717, 1.165) is 36.6 Å². The molecule has 8 heteroatoms. The number of nitrogens with zero attached hydrogens (tertiary/aromatic N) is 3. The van der Waals surface area contributed by atoms with Crippen LogP contribution in [0.25, 0.3) is 0 Å². The molecule has 2 aliphatic rings. The number of aromatic nitrogens is 1. The van der Waals surface area contributed by atoms with Gasteiger partial charge in [0.05, 0.1) is 5.57 Å². The Kier molecular flexibility index (Phi) is 5.47. The molecule has 1 saturated heterocycles. The van der Waals surface area contributed by atoms with Crippen molar-refractivity contribution in [3.63, 3.8) is 0 Å². The summed E-state index contributed by atoms with van der Waals surface area (Å²) in [6, 6.07) is 3.98. The molecule has 0 radical (unpaired) electrons. The van der Waals surface area contributed by atoms with Gasteiger partial charge in [0.1, 0.15) is 11.9 Å². The van der Waals surface area contributed by atoms with Gasteiger partial charge in [-0.2, -0.15) is 0 Å². The van der Waals surface area contributed by atoms with Gasteiger partial charge in [-0.1, -0.05) is 12.1 Å². The van der Waals surface area contributed by atoms with Crippen molar-refractivity contribution < 1.29 is 14.3 Å². The quantitative estimate of drug-likeness (QED) is 0.802. The monoisotopic (exact) mass is 414 g/mol. The second-order valence-corrected chi connectivity index (χ2v) is 8.23. The van der Waals surface area contributed by atoms with Crippen LogP contribution in [0.15, 0.2) is 46.0 Å². The Balaban J connectivity index is 1.93. The lowest BCUT2D eigenvalue weighted by Crippen LogP contribution is -2.41. The van der Waals surface area contributed by atoms with Gasteiger partial charge in [0.15, 0.2) is 10.8 Å². The van der Waals surface area contributed by atoms with E-state index >= 15 is 0 Å². The number of carbonyl (C=O) groups is 1. The van der Waals surface area contributed by atoms with Crippen LogP contribution in [-0.2, 0) is 4.79 Å². The fraction of sp³-hybridized carbons (Fsp3) is 0.381. The van der Waals surface area contributed by atoms with Crippen molar-refractivity contribution in [2.24, 2.45) is 10.9 Å². The molecule has 1 aromatic carbocycles. The number of benzene rings is 1. The highest BCUT2D eigenvalue weighted by molar-refractivity contribution is 7.11. The van der Waals surface area contributed by atoms with Crippen LogP contribution in [0.4, 0.5) is 4.39 Å². The van der Waals surface area contributed by atoms with E-state index in [4.69, 9.17) is 4.99 Å². The van der Waals surface area contributed by atoms with E-state index in [1.165, 1.54) is 17.4 Å². The summed E-state index contributed by atoms with van der Waals surface area (Å²) in [5.74, 6) is -0.650. The highest BCUT2D eigenvalue weighted by Gasteiger charge is 2.38. The fourth-order valence-corrected chi connectivity index (χ4v) is 4.87. The zero-order valence-corrected chi connectivity index (χ0v) is 17.2. The summed E-state index contributed by atoms with van der Waals surface area (Å²) in [5, 5.41) is 16.1. The number of thiazole rings is 1. The Hall–Kier alpha value is -2.58. The molecule has 1 aromatic heterocycles. The van der Waals surface area contributed by atoms with Crippen LogP contribution in [0.1, 0.15) is 35.0 Å². The third-order valence-electron chi connectivity index (χ3n) is 5.66. The third kappa shape index (κ3) is 3.58. The second-order valence-electron chi connectivity index (χ2n) is 7.33. The fourth-order valence-electron chi connectivity index (χ4n) is 4.20. The van der Waals surface area contributed by atoms with Gasteiger partial charge in [-0.3, -0.25) is 4.99 Å². The van der Waals surface area contributed by atoms with Crippen LogP contribution in [-0.4, -0.2) is 46.9 Å². The predicted octanol–water partition coefficient (Wildman–Crippen LogP) is 3.36. The number of carboxylic acid groups (broad SMARTS) is 1. The Bertz CT molecular complexity index is 981. The SMILES string of the molecule is Cc1c(F)cccc1C1N=C(c2nccs2)N(C)C(C2CCNCC2)=C1C(=O)O. The standard InChI is InChI=1S/C21H23FN4O2S/c1-12-14(4-3-5-15(12)22)17-16(21(27)28)18(13-6-8-23-9-7-13)26(2)19(25-17)20-24-10-11-29-20/h3-5,10-11,13,17,23H,6-9H2,1-2H3,(H,27,28). The number of aliphatic imine (C=N–C) groups is 1. The normalized spacial score (nSPS) is 20.7. The minimum Gasteiger partial charge on any atom is -0.478 e. The summed E-state index contributed by atoms with van der Waals surface area (Å²) in [6.45, 7) is 3.34. The molecular weight excluding hydrogens is 391 g/mol. The Morgan fingerprint density at radius 1 is 1.34 bits per heavy atom. The molecule has 1 fully saturated rings. The summed E-state index contributed by atoms with van der Waals surface area (Å²) >= 11 is 1.46. The second kappa shape index (κ2) is 8.04. The van der Waals surface area contributed by atoms with E-state index in [9.17, 15) is 14.3 Å². The Labute approximate surface area is 172 Å². The highest BCUT2D eigenvalue weighted by atomic mass is 32.1. The maximum atomic E-state index is 14.3. The first-order valence-electron chi connectivity index (χ1n) is 9.63. The van der Waals surface area contributed by atoms with Gasteiger partial charge in [-0.15, -0.1) is 11.3 Å². The first-order valence-corrected chi connectivity index (χ1v) is 10.5. The van der Waals surface area contributed by atoms with Crippen molar-refractivity contribution in [1.82, 2.24) is 15.2 Å². The number of rotatable bonds is 4. The highest BCUT2D eigenvalue weighted by Crippen LogP contribution is 2.41. The number of allylic oxidation sites excluding steroid dienone is 1. The van der Waals surface area contributed by atoms with Crippen molar-refractivity contribution >= 4 is 23.1 Å². The minimum absolute atomic E-state index is 0.0918. The molecule has 152 valence electrons. The van der Waals surface area contributed by atoms with Crippen molar-refractivity contribution in [3.05, 3.63) is 63.0 Å². The molecule has 0 aliphatic carbocycles. The molecule has 2 aliphatic heterocycles. The molecule has 0 spiro atoms. The number of piperidine rings is 1. The molecule has 3 heterocycles. The lowest BCUT2D eigenvalue weighted by Gasteiger charge is -2.38. The number of aliphatic carboxylic acids is 1. The van der Waals surface area contributed by atoms with Crippen LogP contribution in [0.3, 0.4) is 0 Å². The summed E-state index contributed by atoms with van der Waals surface area (Å²) in [4.78, 5) is 23.5. The number of amidine groups is 1. The van der Waals surface area contributed by atoms with Gasteiger partial charge in [0, 0.05) is 30.2 Å². The van der Waals surface area contributed by atoms with Gasteiger partial charge >= 0.3 is 5.97 Å². The molecule has 1 atom stereocenters. The van der Waals surface area contributed by atoms with E-state index < -0.39 is 12.0 Å². The van der Waals surface area contributed by atoms with E-state index in [1.54, 1.807) is 25.3 Å². The van der Waals surface area contributed by atoms with E-state index in [1.807, 2.05) is 17.3 Å². The number of hydrogen-bond donors (Lipinski definition) is 2. The minimum atomic E-state index is -1.01. The smallest absolute Gasteiger partial charge is 0.335 e. The molecule has 2 aromatic rings. The van der Waals surface area contributed by atoms with Crippen LogP contribution >= 0.6 is 11.3 Å². The molecule has 2 N–H and O–H groups in total. The molecule has 1 unspecified atom stereocenters. The molecule has 0 saturated carbocycles. The van der Waals surface area contributed by atoms with Crippen LogP contribution in [0.5, 0.6) is 0 Å². The van der Waals surface area contributed by atoms with Crippen molar-refractivity contribution in [1.29, 1.82) is 0 Å². The van der Waals surface area contributed by atoms with Gasteiger partial charge in [0.25, 0.3) is 0 Å². The van der Waals surface area contributed by atoms with E-state index in [-0.39, 0.29) is 17.3 Å². The molecule has 0 amide bonds. The lowest BCUT2D eigenvalue weighted by molar-refractivity contribution is -0.133. The zero-order chi connectivity index (χ0) is 20.5. The predicted molar refractivity (Wildman–Crippen MR) is 111 cm³/mol. The third-order valence-corrected chi connectivity index (χ3v) is 6.43. The summed E-state index contributed by atoms with van der Waals surface area (Å²) < 4.78 is 14.3. The Morgan fingerprint density at radius 2 is 2.10 bits per heavy atom. The van der Waals surface area contributed by atoms with Crippen molar-refractivity contribution in [3.8, 4) is 0 Å². The Morgan fingerprint density at radius 3 is 2.76 bits per heavy atom. The number of carboxylic acids is 1. The van der Waals surface area contributed by atoms with Gasteiger partial charge in [-0.25, -0.2) is 14.2 Å². The first kappa shape index (κ1) is 19.7. The van der Waals surface area contributed by atoms with E-state index in [0.29, 0.717) is 17.0 Å². The van der Waals surface area contributed by atoms with E-state index in [2.05, 4.69) is 10.3 Å². The van der Waals surface area contributed by atoms with Crippen molar-refractivity contribution in [2.75, 3.05) is 20.1 Å².